The minimum Gasteiger partial charge on any atom is -0.478 e. The van der Waals surface area contributed by atoms with E-state index in [1.54, 1.807) is 18.2 Å². The minimum absolute atomic E-state index is 0.0292. The summed E-state index contributed by atoms with van der Waals surface area (Å²) in [6, 6.07) is 23.1. The van der Waals surface area contributed by atoms with Crippen molar-refractivity contribution in [2.24, 2.45) is 0 Å². The molecule has 0 radical (unpaired) electrons. The van der Waals surface area contributed by atoms with Crippen LogP contribution in [0.4, 0.5) is 4.79 Å². The second-order valence-electron chi connectivity index (χ2n) is 7.51. The number of aromatic carboxylic acids is 1. The van der Waals surface area contributed by atoms with E-state index in [-0.39, 0.29) is 24.1 Å². The van der Waals surface area contributed by atoms with E-state index < -0.39 is 12.1 Å². The maximum atomic E-state index is 12.4. The zero-order valence-electron chi connectivity index (χ0n) is 17.1. The zero-order chi connectivity index (χ0) is 21.8. The summed E-state index contributed by atoms with van der Waals surface area (Å²) in [5.41, 5.74) is 5.00. The number of carboxylic acid groups (broad SMARTS) is 1. The first-order valence-electron chi connectivity index (χ1n) is 10.1. The lowest BCUT2D eigenvalue weighted by Crippen LogP contribution is -2.35. The summed E-state index contributed by atoms with van der Waals surface area (Å²) in [6.45, 7) is 2.18. The number of amides is 1. The summed E-state index contributed by atoms with van der Waals surface area (Å²) in [6.07, 6.45) is -0.450. The summed E-state index contributed by atoms with van der Waals surface area (Å²) in [5, 5.41) is 12.0. The standard InChI is InChI=1S/C25H23NO4S/c1-16(15-31-18-8-6-7-17(13-18)24(27)28)26-25(29)30-14-23-21-11-4-2-9-19(21)20-10-3-5-12-22(20)23/h2-13,16,23H,14-15H2,1H3,(H,26,29)(H,27,28). The number of carboxylic acids is 1. The van der Waals surface area contributed by atoms with E-state index in [1.165, 1.54) is 34.0 Å². The zero-order valence-corrected chi connectivity index (χ0v) is 17.9. The van der Waals surface area contributed by atoms with Crippen molar-refractivity contribution >= 4 is 23.8 Å². The van der Waals surface area contributed by atoms with Gasteiger partial charge in [0.05, 0.1) is 5.56 Å². The lowest BCUT2D eigenvalue weighted by molar-refractivity contribution is 0.0696. The highest BCUT2D eigenvalue weighted by molar-refractivity contribution is 7.99. The molecule has 31 heavy (non-hydrogen) atoms. The van der Waals surface area contributed by atoms with Gasteiger partial charge in [0, 0.05) is 22.6 Å². The van der Waals surface area contributed by atoms with Crippen LogP contribution in [0.2, 0.25) is 0 Å². The number of hydrogen-bond acceptors (Lipinski definition) is 4. The van der Waals surface area contributed by atoms with Gasteiger partial charge in [0.25, 0.3) is 0 Å². The SMILES string of the molecule is CC(CSc1cccc(C(=O)O)c1)NC(=O)OCC1c2ccccc2-c2ccccc21. The van der Waals surface area contributed by atoms with Crippen molar-refractivity contribution in [1.82, 2.24) is 5.32 Å². The number of rotatable bonds is 7. The second-order valence-corrected chi connectivity index (χ2v) is 8.61. The first-order chi connectivity index (χ1) is 15.0. The molecule has 1 aliphatic rings. The molecule has 0 saturated heterocycles. The van der Waals surface area contributed by atoms with Gasteiger partial charge in [-0.1, -0.05) is 54.6 Å². The molecule has 0 heterocycles. The number of fused-ring (bicyclic) bond motifs is 3. The third-order valence-electron chi connectivity index (χ3n) is 5.29. The number of ether oxygens (including phenoxy) is 1. The van der Waals surface area contributed by atoms with Gasteiger partial charge in [-0.15, -0.1) is 11.8 Å². The van der Waals surface area contributed by atoms with Crippen LogP contribution in [-0.2, 0) is 4.74 Å². The summed E-state index contributed by atoms with van der Waals surface area (Å²) in [5.74, 6) is -0.318. The average Bonchev–Trinajstić information content (AvgIpc) is 3.10. The van der Waals surface area contributed by atoms with Crippen LogP contribution >= 0.6 is 11.8 Å². The topological polar surface area (TPSA) is 75.6 Å². The number of thioether (sulfide) groups is 1. The lowest BCUT2D eigenvalue weighted by Gasteiger charge is -2.17. The molecule has 5 nitrogen and oxygen atoms in total. The monoisotopic (exact) mass is 433 g/mol. The highest BCUT2D eigenvalue weighted by Gasteiger charge is 2.29. The van der Waals surface area contributed by atoms with Gasteiger partial charge in [-0.05, 0) is 47.4 Å². The fourth-order valence-electron chi connectivity index (χ4n) is 3.82. The first-order valence-corrected chi connectivity index (χ1v) is 11.1. The van der Waals surface area contributed by atoms with Gasteiger partial charge in [-0.2, -0.15) is 0 Å². The van der Waals surface area contributed by atoms with Gasteiger partial charge in [-0.3, -0.25) is 0 Å². The summed E-state index contributed by atoms with van der Waals surface area (Å²) < 4.78 is 5.58. The van der Waals surface area contributed by atoms with Crippen LogP contribution in [0, 0.1) is 0 Å². The molecule has 1 unspecified atom stereocenters. The molecule has 4 rings (SSSR count). The lowest BCUT2D eigenvalue weighted by atomic mass is 9.98. The van der Waals surface area contributed by atoms with E-state index in [1.807, 2.05) is 37.3 Å². The molecular weight excluding hydrogens is 410 g/mol. The molecule has 0 bridgehead atoms. The molecule has 158 valence electrons. The number of nitrogens with one attached hydrogen (secondary N) is 1. The minimum atomic E-state index is -0.952. The van der Waals surface area contributed by atoms with Gasteiger partial charge in [0.2, 0.25) is 0 Å². The van der Waals surface area contributed by atoms with E-state index in [2.05, 4.69) is 29.6 Å². The van der Waals surface area contributed by atoms with Crippen LogP contribution in [0.1, 0.15) is 34.3 Å². The van der Waals surface area contributed by atoms with Crippen LogP contribution in [0.15, 0.2) is 77.7 Å². The largest absolute Gasteiger partial charge is 0.478 e. The van der Waals surface area contributed by atoms with Crippen molar-refractivity contribution in [2.45, 2.75) is 23.8 Å². The average molecular weight is 434 g/mol. The Morgan fingerprint density at radius 3 is 2.29 bits per heavy atom. The molecular formula is C25H23NO4S. The fourth-order valence-corrected chi connectivity index (χ4v) is 4.73. The number of carbonyl (C=O) groups is 2. The second kappa shape index (κ2) is 9.27. The molecule has 1 aliphatic carbocycles. The maximum absolute atomic E-state index is 12.4. The van der Waals surface area contributed by atoms with E-state index in [0.717, 1.165) is 4.90 Å². The van der Waals surface area contributed by atoms with Crippen LogP contribution < -0.4 is 5.32 Å². The summed E-state index contributed by atoms with van der Waals surface area (Å²) in [4.78, 5) is 24.3. The molecule has 0 aromatic heterocycles. The molecule has 3 aromatic carbocycles. The Balaban J connectivity index is 1.31. The Morgan fingerprint density at radius 1 is 1.00 bits per heavy atom. The fraction of sp³-hybridized carbons (Fsp3) is 0.200. The van der Waals surface area contributed by atoms with Crippen molar-refractivity contribution in [3.8, 4) is 11.1 Å². The van der Waals surface area contributed by atoms with E-state index in [9.17, 15) is 9.59 Å². The number of carbonyl (C=O) groups excluding carboxylic acids is 1. The van der Waals surface area contributed by atoms with Crippen LogP contribution in [0.3, 0.4) is 0 Å². The van der Waals surface area contributed by atoms with Crippen LogP contribution in [0.25, 0.3) is 11.1 Å². The first kappa shape index (κ1) is 21.0. The Bertz CT molecular complexity index is 1070. The molecule has 0 fully saturated rings. The van der Waals surface area contributed by atoms with Crippen molar-refractivity contribution in [3.05, 3.63) is 89.5 Å². The predicted molar refractivity (Wildman–Crippen MR) is 122 cm³/mol. The van der Waals surface area contributed by atoms with Crippen LogP contribution in [-0.4, -0.2) is 35.6 Å². The van der Waals surface area contributed by atoms with Crippen molar-refractivity contribution in [3.63, 3.8) is 0 Å². The van der Waals surface area contributed by atoms with Crippen molar-refractivity contribution < 1.29 is 19.4 Å². The smallest absolute Gasteiger partial charge is 0.407 e. The molecule has 0 aliphatic heterocycles. The highest BCUT2D eigenvalue weighted by atomic mass is 32.2. The van der Waals surface area contributed by atoms with Gasteiger partial charge < -0.3 is 15.2 Å². The van der Waals surface area contributed by atoms with Gasteiger partial charge >= 0.3 is 12.1 Å². The molecule has 0 saturated carbocycles. The number of alkyl carbamates (subject to hydrolysis) is 1. The van der Waals surface area contributed by atoms with E-state index in [4.69, 9.17) is 9.84 Å². The Labute approximate surface area is 185 Å². The predicted octanol–water partition coefficient (Wildman–Crippen LogP) is 5.40. The molecule has 3 aromatic rings. The summed E-state index contributed by atoms with van der Waals surface area (Å²) in [7, 11) is 0. The number of benzene rings is 3. The third kappa shape index (κ3) is 4.75. The molecule has 1 atom stereocenters. The summed E-state index contributed by atoms with van der Waals surface area (Å²) >= 11 is 1.49. The van der Waals surface area contributed by atoms with Crippen LogP contribution in [0.5, 0.6) is 0 Å². The van der Waals surface area contributed by atoms with Gasteiger partial charge in [0.1, 0.15) is 6.61 Å². The Morgan fingerprint density at radius 2 is 1.65 bits per heavy atom. The van der Waals surface area contributed by atoms with E-state index in [0.29, 0.717) is 5.75 Å². The molecule has 1 amide bonds. The van der Waals surface area contributed by atoms with Gasteiger partial charge in [-0.25, -0.2) is 9.59 Å². The third-order valence-corrected chi connectivity index (χ3v) is 6.54. The normalized spacial score (nSPS) is 13.2. The quantitative estimate of drug-likeness (QED) is 0.488. The number of hydrogen-bond donors (Lipinski definition) is 2. The molecule has 2 N–H and O–H groups in total. The Kier molecular flexibility index (Phi) is 6.28. The highest BCUT2D eigenvalue weighted by Crippen LogP contribution is 2.44. The Hall–Kier alpha value is -3.25. The maximum Gasteiger partial charge on any atom is 0.407 e. The van der Waals surface area contributed by atoms with E-state index >= 15 is 0 Å². The molecule has 6 heteroatoms. The van der Waals surface area contributed by atoms with Crippen molar-refractivity contribution in [1.29, 1.82) is 0 Å². The molecule has 0 spiro atoms. The van der Waals surface area contributed by atoms with Crippen molar-refractivity contribution in [2.75, 3.05) is 12.4 Å². The van der Waals surface area contributed by atoms with Gasteiger partial charge in [0.15, 0.2) is 0 Å².